The maximum absolute atomic E-state index is 6.35. The molecule has 2 aliphatic rings. The smallest absolute Gasteiger partial charge is 0.145 e. The van der Waals surface area contributed by atoms with Gasteiger partial charge >= 0.3 is 0 Å². The highest BCUT2D eigenvalue weighted by Crippen LogP contribution is 2.30. The summed E-state index contributed by atoms with van der Waals surface area (Å²) in [4.78, 5) is 17.4. The summed E-state index contributed by atoms with van der Waals surface area (Å²) in [5.74, 6) is 1.89. The van der Waals surface area contributed by atoms with E-state index >= 15 is 0 Å². The second kappa shape index (κ2) is 9.84. The van der Waals surface area contributed by atoms with E-state index in [1.165, 1.54) is 5.69 Å². The highest BCUT2D eigenvalue weighted by atomic mass is 35.5. The van der Waals surface area contributed by atoms with E-state index < -0.39 is 0 Å². The third-order valence-corrected chi connectivity index (χ3v) is 7.22. The normalized spacial score (nSPS) is 20.5. The zero-order chi connectivity index (χ0) is 22.8. The Kier molecular flexibility index (Phi) is 6.67. The van der Waals surface area contributed by atoms with Gasteiger partial charge < -0.3 is 14.5 Å². The number of piperidine rings is 1. The summed E-state index contributed by atoms with van der Waals surface area (Å²) in [7, 11) is 1.80. The molecule has 2 fully saturated rings. The predicted octanol–water partition coefficient (Wildman–Crippen LogP) is 4.61. The molecule has 1 aromatic heterocycles. The summed E-state index contributed by atoms with van der Waals surface area (Å²) >= 11 is 6.35. The molecule has 6 nitrogen and oxygen atoms in total. The molecule has 3 heterocycles. The van der Waals surface area contributed by atoms with Crippen molar-refractivity contribution in [1.82, 2.24) is 14.9 Å². The van der Waals surface area contributed by atoms with Crippen LogP contribution in [-0.2, 0) is 11.3 Å². The van der Waals surface area contributed by atoms with Crippen LogP contribution in [0, 0.1) is 0 Å². The number of hydrogen-bond donors (Lipinski definition) is 0. The second-order valence-electron chi connectivity index (χ2n) is 9.15. The number of benzene rings is 2. The maximum Gasteiger partial charge on any atom is 0.145 e. The van der Waals surface area contributed by atoms with E-state index in [9.17, 15) is 0 Å². The Balaban J connectivity index is 1.37. The molecule has 7 heteroatoms. The van der Waals surface area contributed by atoms with Crippen LogP contribution < -0.4 is 9.80 Å². The number of anilines is 2. The molecule has 2 aromatic carbocycles. The number of nitrogens with zero attached hydrogens (tertiary/aromatic N) is 5. The average molecular weight is 466 g/mol. The summed E-state index contributed by atoms with van der Waals surface area (Å²) < 4.78 is 5.57. The van der Waals surface area contributed by atoms with Crippen LogP contribution in [0.15, 0.2) is 48.5 Å². The van der Waals surface area contributed by atoms with Gasteiger partial charge in [0.15, 0.2) is 0 Å². The molecular formula is C26H32ClN5O. The van der Waals surface area contributed by atoms with Crippen LogP contribution in [0.4, 0.5) is 11.5 Å². The summed E-state index contributed by atoms with van der Waals surface area (Å²) in [6, 6.07) is 17.0. The van der Waals surface area contributed by atoms with Crippen molar-refractivity contribution < 1.29 is 4.74 Å². The van der Waals surface area contributed by atoms with Gasteiger partial charge in [0.2, 0.25) is 0 Å². The zero-order valence-electron chi connectivity index (χ0n) is 19.5. The maximum atomic E-state index is 6.35. The first-order valence-corrected chi connectivity index (χ1v) is 12.3. The van der Waals surface area contributed by atoms with Gasteiger partial charge in [-0.3, -0.25) is 4.90 Å². The number of aromatic nitrogens is 2. The SMILES string of the molecule is COC1CCN(c2nc(CN3CCN(c4ccccc4)C[C@@H]3C)nc3ccc(Cl)cc23)CC1. The molecule has 33 heavy (non-hydrogen) atoms. The highest BCUT2D eigenvalue weighted by molar-refractivity contribution is 6.31. The predicted molar refractivity (Wildman–Crippen MR) is 135 cm³/mol. The molecule has 0 aliphatic carbocycles. The van der Waals surface area contributed by atoms with Crippen molar-refractivity contribution in [3.8, 4) is 0 Å². The van der Waals surface area contributed by atoms with Crippen molar-refractivity contribution in [2.75, 3.05) is 49.6 Å². The minimum Gasteiger partial charge on any atom is -0.381 e. The molecule has 1 atom stereocenters. The number of fused-ring (bicyclic) bond motifs is 1. The monoisotopic (exact) mass is 465 g/mol. The van der Waals surface area contributed by atoms with E-state index in [0.717, 1.165) is 79.7 Å². The Morgan fingerprint density at radius 2 is 1.76 bits per heavy atom. The van der Waals surface area contributed by atoms with E-state index in [1.54, 1.807) is 7.11 Å². The largest absolute Gasteiger partial charge is 0.381 e. The quantitative estimate of drug-likeness (QED) is 0.548. The number of methoxy groups -OCH3 is 1. The zero-order valence-corrected chi connectivity index (χ0v) is 20.2. The molecule has 0 spiro atoms. The minimum absolute atomic E-state index is 0.333. The standard InChI is InChI=1S/C26H32ClN5O/c1-19-17-32(21-6-4-3-5-7-21)15-14-31(19)18-25-28-24-9-8-20(27)16-23(24)26(29-25)30-12-10-22(33-2)11-13-30/h3-9,16,19,22H,10-15,17-18H2,1-2H3/t19-/m0/s1. The van der Waals surface area contributed by atoms with E-state index in [1.807, 2.05) is 18.2 Å². The number of rotatable bonds is 5. The first-order chi connectivity index (χ1) is 16.1. The lowest BCUT2D eigenvalue weighted by molar-refractivity contribution is 0.0818. The average Bonchev–Trinajstić information content (AvgIpc) is 2.85. The number of piperazine rings is 1. The molecule has 3 aromatic rings. The molecule has 174 valence electrons. The van der Waals surface area contributed by atoms with Crippen molar-refractivity contribution in [3.63, 3.8) is 0 Å². The van der Waals surface area contributed by atoms with Crippen molar-refractivity contribution in [2.45, 2.75) is 38.5 Å². The molecular weight excluding hydrogens is 434 g/mol. The van der Waals surface area contributed by atoms with E-state index in [2.05, 4.69) is 52.0 Å². The topological polar surface area (TPSA) is 44.7 Å². The van der Waals surface area contributed by atoms with Crippen LogP contribution in [0.3, 0.4) is 0 Å². The van der Waals surface area contributed by atoms with Crippen molar-refractivity contribution in [1.29, 1.82) is 0 Å². The third kappa shape index (κ3) is 4.93. The highest BCUT2D eigenvalue weighted by Gasteiger charge is 2.26. The van der Waals surface area contributed by atoms with Gasteiger partial charge in [-0.1, -0.05) is 29.8 Å². The summed E-state index contributed by atoms with van der Waals surface area (Å²) in [6.07, 6.45) is 2.35. The van der Waals surface area contributed by atoms with E-state index in [4.69, 9.17) is 26.3 Å². The molecule has 5 rings (SSSR count). The second-order valence-corrected chi connectivity index (χ2v) is 9.58. The lowest BCUT2D eigenvalue weighted by Crippen LogP contribution is -2.51. The van der Waals surface area contributed by atoms with Crippen LogP contribution in [0.5, 0.6) is 0 Å². The molecule has 2 aliphatic heterocycles. The van der Waals surface area contributed by atoms with Gasteiger partial charge in [-0.15, -0.1) is 0 Å². The fourth-order valence-electron chi connectivity index (χ4n) is 5.03. The van der Waals surface area contributed by atoms with Crippen LogP contribution in [0.2, 0.25) is 5.02 Å². The van der Waals surface area contributed by atoms with Crippen LogP contribution >= 0.6 is 11.6 Å². The first-order valence-electron chi connectivity index (χ1n) is 11.9. The Bertz CT molecular complexity index is 1090. The minimum atomic E-state index is 0.333. The fourth-order valence-corrected chi connectivity index (χ4v) is 5.20. The van der Waals surface area contributed by atoms with Gasteiger partial charge in [-0.05, 0) is 50.1 Å². The van der Waals surface area contributed by atoms with Gasteiger partial charge in [-0.2, -0.15) is 0 Å². The number of hydrogen-bond acceptors (Lipinski definition) is 6. The van der Waals surface area contributed by atoms with Gasteiger partial charge in [0.1, 0.15) is 11.6 Å². The molecule has 0 unspecified atom stereocenters. The first kappa shape index (κ1) is 22.4. The van der Waals surface area contributed by atoms with E-state index in [0.29, 0.717) is 12.1 Å². The molecule has 0 bridgehead atoms. The summed E-state index contributed by atoms with van der Waals surface area (Å²) in [5, 5.41) is 1.75. The van der Waals surface area contributed by atoms with Crippen LogP contribution in [-0.4, -0.2) is 66.8 Å². The number of halogens is 1. The molecule has 0 amide bonds. The third-order valence-electron chi connectivity index (χ3n) is 6.99. The number of para-hydroxylation sites is 1. The van der Waals surface area contributed by atoms with Crippen molar-refractivity contribution in [2.24, 2.45) is 0 Å². The Morgan fingerprint density at radius 1 is 0.970 bits per heavy atom. The Hall–Kier alpha value is -2.41. The Morgan fingerprint density at radius 3 is 2.48 bits per heavy atom. The Labute approximate surface area is 201 Å². The van der Waals surface area contributed by atoms with Gasteiger partial charge in [0, 0.05) is 62.0 Å². The fraction of sp³-hybridized carbons (Fsp3) is 0.462. The van der Waals surface area contributed by atoms with Gasteiger partial charge in [0.25, 0.3) is 0 Å². The van der Waals surface area contributed by atoms with Crippen molar-refractivity contribution in [3.05, 3.63) is 59.4 Å². The van der Waals surface area contributed by atoms with Crippen LogP contribution in [0.1, 0.15) is 25.6 Å². The van der Waals surface area contributed by atoms with Gasteiger partial charge in [0.05, 0.1) is 18.2 Å². The molecule has 0 N–H and O–H groups in total. The molecule has 0 radical (unpaired) electrons. The van der Waals surface area contributed by atoms with Gasteiger partial charge in [-0.25, -0.2) is 9.97 Å². The van der Waals surface area contributed by atoms with Crippen molar-refractivity contribution >= 4 is 34.0 Å². The number of ether oxygens (including phenoxy) is 1. The summed E-state index contributed by atoms with van der Waals surface area (Å²) in [5.41, 5.74) is 2.26. The lowest BCUT2D eigenvalue weighted by Gasteiger charge is -2.40. The summed E-state index contributed by atoms with van der Waals surface area (Å²) in [6.45, 7) is 7.92. The van der Waals surface area contributed by atoms with Crippen LogP contribution in [0.25, 0.3) is 10.9 Å². The molecule has 2 saturated heterocycles. The lowest BCUT2D eigenvalue weighted by atomic mass is 10.1. The molecule has 0 saturated carbocycles. The van der Waals surface area contributed by atoms with E-state index in [-0.39, 0.29) is 0 Å².